The highest BCUT2D eigenvalue weighted by molar-refractivity contribution is 9.10. The van der Waals surface area contributed by atoms with Gasteiger partial charge in [-0.05, 0) is 22.0 Å². The van der Waals surface area contributed by atoms with Crippen LogP contribution in [0.2, 0.25) is 0 Å². The highest BCUT2D eigenvalue weighted by Crippen LogP contribution is 2.36. The Hall–Kier alpha value is -1.47. The Morgan fingerprint density at radius 2 is 2.00 bits per heavy atom. The molecule has 1 amide bonds. The van der Waals surface area contributed by atoms with Crippen LogP contribution in [-0.2, 0) is 4.79 Å². The number of nitrogens with two attached hydrogens (primary N) is 2. The zero-order valence-electron chi connectivity index (χ0n) is 11.4. The van der Waals surface area contributed by atoms with Crippen molar-refractivity contribution in [3.63, 3.8) is 0 Å². The van der Waals surface area contributed by atoms with E-state index in [2.05, 4.69) is 20.8 Å². The summed E-state index contributed by atoms with van der Waals surface area (Å²) in [5, 5.41) is 0. The van der Waals surface area contributed by atoms with E-state index in [1.807, 2.05) is 17.0 Å². The average molecular weight is 343 g/mol. The fourth-order valence-corrected chi connectivity index (χ4v) is 3.10. The zero-order valence-corrected chi connectivity index (χ0v) is 13.0. The Bertz CT molecular complexity index is 478. The number of benzene rings is 1. The molecule has 1 heterocycles. The number of ether oxygens (including phenoxy) is 1. The molecule has 6 nitrogen and oxygen atoms in total. The third-order valence-corrected chi connectivity index (χ3v) is 3.97. The van der Waals surface area contributed by atoms with Gasteiger partial charge in [-0.15, -0.1) is 0 Å². The average Bonchev–Trinajstić information content (AvgIpc) is 2.39. The minimum Gasteiger partial charge on any atom is -0.497 e. The number of piperazine rings is 1. The molecular formula is C13H19BrN4O2. The van der Waals surface area contributed by atoms with E-state index < -0.39 is 0 Å². The highest BCUT2D eigenvalue weighted by Gasteiger charge is 2.21. The molecule has 1 aliphatic rings. The molecule has 1 aliphatic heterocycles. The maximum absolute atomic E-state index is 10.9. The van der Waals surface area contributed by atoms with Gasteiger partial charge < -0.3 is 21.1 Å². The minimum absolute atomic E-state index is 0.288. The zero-order chi connectivity index (χ0) is 14.7. The van der Waals surface area contributed by atoms with E-state index in [9.17, 15) is 4.79 Å². The maximum atomic E-state index is 10.9. The first-order valence-corrected chi connectivity index (χ1v) is 7.19. The molecule has 0 atom stereocenters. The molecule has 0 unspecified atom stereocenters. The van der Waals surface area contributed by atoms with Gasteiger partial charge in [-0.3, -0.25) is 9.69 Å². The van der Waals surface area contributed by atoms with Crippen LogP contribution in [0.4, 0.5) is 11.4 Å². The van der Waals surface area contributed by atoms with Crippen molar-refractivity contribution < 1.29 is 9.53 Å². The highest BCUT2D eigenvalue weighted by atomic mass is 79.9. The van der Waals surface area contributed by atoms with Crippen LogP contribution < -0.4 is 21.1 Å². The third kappa shape index (κ3) is 3.34. The van der Waals surface area contributed by atoms with Crippen LogP contribution in [0.15, 0.2) is 16.6 Å². The number of primary amides is 1. The van der Waals surface area contributed by atoms with Crippen molar-refractivity contribution in [3.8, 4) is 5.75 Å². The van der Waals surface area contributed by atoms with Gasteiger partial charge in [0.25, 0.3) is 0 Å². The summed E-state index contributed by atoms with van der Waals surface area (Å²) in [6, 6.07) is 3.72. The largest absolute Gasteiger partial charge is 0.497 e. The van der Waals surface area contributed by atoms with Gasteiger partial charge in [0.15, 0.2) is 0 Å². The summed E-state index contributed by atoms with van der Waals surface area (Å²) in [5.41, 5.74) is 13.0. The van der Waals surface area contributed by atoms with Gasteiger partial charge in [0.1, 0.15) is 5.75 Å². The predicted octanol–water partition coefficient (Wildman–Crippen LogP) is 0.647. The first-order chi connectivity index (χ1) is 9.51. The molecule has 1 aromatic rings. The topological polar surface area (TPSA) is 84.8 Å². The van der Waals surface area contributed by atoms with Gasteiger partial charge in [0.05, 0.1) is 25.0 Å². The summed E-state index contributed by atoms with van der Waals surface area (Å²) in [7, 11) is 1.61. The van der Waals surface area contributed by atoms with E-state index in [0.29, 0.717) is 12.2 Å². The smallest absolute Gasteiger partial charge is 0.231 e. The van der Waals surface area contributed by atoms with Crippen molar-refractivity contribution in [3.05, 3.63) is 16.6 Å². The molecular weight excluding hydrogens is 324 g/mol. The molecule has 4 N–H and O–H groups in total. The fraction of sp³-hybridized carbons (Fsp3) is 0.462. The van der Waals surface area contributed by atoms with Crippen LogP contribution in [0.1, 0.15) is 0 Å². The number of nitrogen functional groups attached to an aromatic ring is 1. The molecule has 0 spiro atoms. The second kappa shape index (κ2) is 6.32. The minimum atomic E-state index is -0.288. The van der Waals surface area contributed by atoms with E-state index in [0.717, 1.165) is 42.1 Å². The molecule has 1 saturated heterocycles. The molecule has 0 bridgehead atoms. The summed E-state index contributed by atoms with van der Waals surface area (Å²) < 4.78 is 6.11. The van der Waals surface area contributed by atoms with Crippen molar-refractivity contribution in [2.45, 2.75) is 0 Å². The Morgan fingerprint density at radius 3 is 2.50 bits per heavy atom. The molecule has 2 rings (SSSR count). The SMILES string of the molecule is COc1cc(N)c(N2CCN(CC(N)=O)CC2)c(Br)c1. The quantitative estimate of drug-likeness (QED) is 0.784. The van der Waals surface area contributed by atoms with Crippen molar-refractivity contribution in [1.29, 1.82) is 0 Å². The van der Waals surface area contributed by atoms with Gasteiger partial charge in [-0.2, -0.15) is 0 Å². The Morgan fingerprint density at radius 1 is 1.35 bits per heavy atom. The second-order valence-corrected chi connectivity index (χ2v) is 5.63. The van der Waals surface area contributed by atoms with Crippen LogP contribution >= 0.6 is 15.9 Å². The predicted molar refractivity (Wildman–Crippen MR) is 83.0 cm³/mol. The number of carbonyl (C=O) groups is 1. The first kappa shape index (κ1) is 14.9. The number of rotatable bonds is 4. The van der Waals surface area contributed by atoms with Gasteiger partial charge in [0, 0.05) is 36.7 Å². The summed E-state index contributed by atoms with van der Waals surface area (Å²) in [5.74, 6) is 0.439. The molecule has 110 valence electrons. The molecule has 1 aromatic carbocycles. The summed E-state index contributed by atoms with van der Waals surface area (Å²) in [6.45, 7) is 3.51. The lowest BCUT2D eigenvalue weighted by Gasteiger charge is -2.36. The number of anilines is 2. The number of amides is 1. The standard InChI is InChI=1S/C13H19BrN4O2/c1-20-9-6-10(14)13(11(15)7-9)18-4-2-17(3-5-18)8-12(16)19/h6-7H,2-5,8,15H2,1H3,(H2,16,19). The second-order valence-electron chi connectivity index (χ2n) is 4.78. The third-order valence-electron chi connectivity index (χ3n) is 3.37. The monoisotopic (exact) mass is 342 g/mol. The van der Waals surface area contributed by atoms with Crippen molar-refractivity contribution >= 4 is 33.2 Å². The molecule has 0 aliphatic carbocycles. The van der Waals surface area contributed by atoms with E-state index in [1.54, 1.807) is 7.11 Å². The molecule has 7 heteroatoms. The lowest BCUT2D eigenvalue weighted by Crippen LogP contribution is -2.49. The van der Waals surface area contributed by atoms with Crippen LogP contribution in [0.3, 0.4) is 0 Å². The first-order valence-electron chi connectivity index (χ1n) is 6.40. The number of methoxy groups -OCH3 is 1. The van der Waals surface area contributed by atoms with Gasteiger partial charge in [0.2, 0.25) is 5.91 Å². The number of carbonyl (C=O) groups excluding carboxylic acids is 1. The number of nitrogens with zero attached hydrogens (tertiary/aromatic N) is 2. The van der Waals surface area contributed by atoms with E-state index in [1.165, 1.54) is 0 Å². The Balaban J connectivity index is 2.09. The molecule has 0 aromatic heterocycles. The van der Waals surface area contributed by atoms with Crippen molar-refractivity contribution in [2.24, 2.45) is 5.73 Å². The molecule has 0 saturated carbocycles. The summed E-state index contributed by atoms with van der Waals surface area (Å²) >= 11 is 3.54. The fourth-order valence-electron chi connectivity index (χ4n) is 2.40. The maximum Gasteiger partial charge on any atom is 0.231 e. The lowest BCUT2D eigenvalue weighted by atomic mass is 10.2. The molecule has 20 heavy (non-hydrogen) atoms. The normalized spacial score (nSPS) is 16.2. The van der Waals surface area contributed by atoms with Crippen molar-refractivity contribution in [1.82, 2.24) is 4.90 Å². The Labute approximate surface area is 126 Å². The van der Waals surface area contributed by atoms with E-state index in [-0.39, 0.29) is 5.91 Å². The summed E-state index contributed by atoms with van der Waals surface area (Å²) in [6.07, 6.45) is 0. The van der Waals surface area contributed by atoms with Crippen molar-refractivity contribution in [2.75, 3.05) is 50.5 Å². The van der Waals surface area contributed by atoms with E-state index in [4.69, 9.17) is 16.2 Å². The Kier molecular flexibility index (Phi) is 4.72. The van der Waals surface area contributed by atoms with Crippen LogP contribution in [0.25, 0.3) is 0 Å². The van der Waals surface area contributed by atoms with Crippen LogP contribution in [0, 0.1) is 0 Å². The van der Waals surface area contributed by atoms with E-state index >= 15 is 0 Å². The molecule has 0 radical (unpaired) electrons. The van der Waals surface area contributed by atoms with Gasteiger partial charge in [-0.1, -0.05) is 0 Å². The van der Waals surface area contributed by atoms with Gasteiger partial charge in [-0.25, -0.2) is 0 Å². The lowest BCUT2D eigenvalue weighted by molar-refractivity contribution is -0.119. The number of hydrogen-bond acceptors (Lipinski definition) is 5. The van der Waals surface area contributed by atoms with Crippen LogP contribution in [0.5, 0.6) is 5.75 Å². The summed E-state index contributed by atoms with van der Waals surface area (Å²) in [4.78, 5) is 15.2. The van der Waals surface area contributed by atoms with Crippen LogP contribution in [-0.4, -0.2) is 50.6 Å². The molecule has 1 fully saturated rings. The number of hydrogen-bond donors (Lipinski definition) is 2. The number of halogens is 1. The van der Waals surface area contributed by atoms with Gasteiger partial charge >= 0.3 is 0 Å².